The molecule has 2 N–H and O–H groups in total. The van der Waals surface area contributed by atoms with E-state index >= 15 is 0 Å². The van der Waals surface area contributed by atoms with Crippen LogP contribution < -0.4 is 15.2 Å². The van der Waals surface area contributed by atoms with Crippen molar-refractivity contribution in [3.05, 3.63) is 36.0 Å². The summed E-state index contributed by atoms with van der Waals surface area (Å²) in [5.41, 5.74) is 6.79. The molecule has 0 aliphatic rings. The van der Waals surface area contributed by atoms with Crippen LogP contribution >= 0.6 is 0 Å². The molecule has 0 aliphatic carbocycles. The van der Waals surface area contributed by atoms with Gasteiger partial charge in [-0.05, 0) is 13.0 Å². The van der Waals surface area contributed by atoms with Crippen LogP contribution in [0, 0.1) is 0 Å². The zero-order valence-corrected chi connectivity index (χ0v) is 10.3. The van der Waals surface area contributed by atoms with E-state index in [1.165, 1.54) is 6.39 Å². The Kier molecular flexibility index (Phi) is 3.78. The normalized spacial score (nSPS) is 12.2. The summed E-state index contributed by atoms with van der Waals surface area (Å²) in [5.74, 6) is 1.85. The molecule has 0 fully saturated rings. The molecule has 2 rings (SSSR count). The van der Waals surface area contributed by atoms with Gasteiger partial charge in [0, 0.05) is 17.7 Å². The number of hydrogen-bond donors (Lipinski definition) is 1. The van der Waals surface area contributed by atoms with E-state index in [2.05, 4.69) is 14.7 Å². The Bertz CT molecular complexity index is 497. The van der Waals surface area contributed by atoms with Crippen molar-refractivity contribution < 1.29 is 14.0 Å². The summed E-state index contributed by atoms with van der Waals surface area (Å²) in [6, 6.07) is 5.39. The Morgan fingerprint density at radius 3 is 2.89 bits per heavy atom. The minimum atomic E-state index is -0.129. The van der Waals surface area contributed by atoms with Crippen molar-refractivity contribution >= 4 is 0 Å². The van der Waals surface area contributed by atoms with Crippen molar-refractivity contribution in [3.8, 4) is 11.5 Å². The van der Waals surface area contributed by atoms with Gasteiger partial charge in [0.15, 0.2) is 6.61 Å². The summed E-state index contributed by atoms with van der Waals surface area (Å²) in [7, 11) is 1.60. The minimum absolute atomic E-state index is 0.129. The van der Waals surface area contributed by atoms with Crippen LogP contribution in [0.5, 0.6) is 11.5 Å². The number of hydrogen-bond acceptors (Lipinski definition) is 6. The maximum absolute atomic E-state index is 5.88. The fourth-order valence-electron chi connectivity index (χ4n) is 1.54. The van der Waals surface area contributed by atoms with E-state index in [1.807, 2.05) is 19.1 Å². The van der Waals surface area contributed by atoms with Crippen LogP contribution in [-0.4, -0.2) is 17.3 Å². The molecule has 1 atom stereocenters. The van der Waals surface area contributed by atoms with E-state index in [-0.39, 0.29) is 12.6 Å². The number of ether oxygens (including phenoxy) is 2. The molecule has 2 aromatic rings. The molecule has 0 saturated heterocycles. The number of rotatable bonds is 5. The topological polar surface area (TPSA) is 83.4 Å². The molecule has 1 unspecified atom stereocenters. The first-order valence-corrected chi connectivity index (χ1v) is 5.52. The zero-order chi connectivity index (χ0) is 13.0. The van der Waals surface area contributed by atoms with Gasteiger partial charge >= 0.3 is 0 Å². The van der Waals surface area contributed by atoms with Crippen LogP contribution in [0.3, 0.4) is 0 Å². The summed E-state index contributed by atoms with van der Waals surface area (Å²) in [4.78, 5) is 3.88. The first-order valence-electron chi connectivity index (χ1n) is 5.52. The first-order chi connectivity index (χ1) is 8.70. The van der Waals surface area contributed by atoms with Gasteiger partial charge in [-0.2, -0.15) is 4.98 Å². The Morgan fingerprint density at radius 1 is 1.44 bits per heavy atom. The highest BCUT2D eigenvalue weighted by atomic mass is 16.5. The Balaban J connectivity index is 2.18. The standard InChI is InChI=1S/C12H15N3O3/c1-8(13)10-4-3-9(16-2)5-11(10)17-6-12-14-7-18-15-12/h3-5,7-8H,6,13H2,1-2H3. The van der Waals surface area contributed by atoms with Gasteiger partial charge in [-0.25, -0.2) is 0 Å². The van der Waals surface area contributed by atoms with Crippen molar-refractivity contribution in [2.75, 3.05) is 7.11 Å². The molecule has 1 heterocycles. The number of nitrogens with two attached hydrogens (primary N) is 1. The highest BCUT2D eigenvalue weighted by Gasteiger charge is 2.10. The predicted octanol–water partition coefficient (Wildman–Crippen LogP) is 1.68. The first kappa shape index (κ1) is 12.4. The second kappa shape index (κ2) is 5.50. The molecule has 0 spiro atoms. The van der Waals surface area contributed by atoms with E-state index in [0.717, 1.165) is 5.56 Å². The van der Waals surface area contributed by atoms with Crippen LogP contribution in [0.25, 0.3) is 0 Å². The monoisotopic (exact) mass is 249 g/mol. The molecule has 6 nitrogen and oxygen atoms in total. The van der Waals surface area contributed by atoms with Gasteiger partial charge < -0.3 is 19.7 Å². The lowest BCUT2D eigenvalue weighted by molar-refractivity contribution is 0.281. The van der Waals surface area contributed by atoms with Crippen molar-refractivity contribution in [1.82, 2.24) is 10.1 Å². The molecule has 0 amide bonds. The third-order valence-electron chi connectivity index (χ3n) is 2.48. The van der Waals surface area contributed by atoms with Gasteiger partial charge in [-0.15, -0.1) is 0 Å². The molecule has 0 radical (unpaired) electrons. The lowest BCUT2D eigenvalue weighted by atomic mass is 10.1. The zero-order valence-electron chi connectivity index (χ0n) is 10.3. The fraction of sp³-hybridized carbons (Fsp3) is 0.333. The van der Waals surface area contributed by atoms with Crippen LogP contribution in [-0.2, 0) is 6.61 Å². The second-order valence-electron chi connectivity index (χ2n) is 3.83. The van der Waals surface area contributed by atoms with Gasteiger partial charge in [0.2, 0.25) is 12.2 Å². The van der Waals surface area contributed by atoms with E-state index < -0.39 is 0 Å². The van der Waals surface area contributed by atoms with Crippen molar-refractivity contribution in [2.45, 2.75) is 19.6 Å². The molecule has 0 bridgehead atoms. The Morgan fingerprint density at radius 2 is 2.28 bits per heavy atom. The Labute approximate surface area is 105 Å². The highest BCUT2D eigenvalue weighted by Crippen LogP contribution is 2.29. The van der Waals surface area contributed by atoms with Gasteiger partial charge in [-0.1, -0.05) is 11.2 Å². The average Bonchev–Trinajstić information content (AvgIpc) is 2.88. The van der Waals surface area contributed by atoms with Crippen molar-refractivity contribution in [3.63, 3.8) is 0 Å². The number of nitrogens with zero attached hydrogens (tertiary/aromatic N) is 2. The number of methoxy groups -OCH3 is 1. The molecule has 1 aromatic carbocycles. The predicted molar refractivity (Wildman–Crippen MR) is 64.2 cm³/mol. The summed E-state index contributed by atoms with van der Waals surface area (Å²) in [6.45, 7) is 2.12. The van der Waals surface area contributed by atoms with Crippen LogP contribution in [0.2, 0.25) is 0 Å². The number of benzene rings is 1. The van der Waals surface area contributed by atoms with Crippen LogP contribution in [0.1, 0.15) is 24.4 Å². The molecular formula is C12H15N3O3. The maximum atomic E-state index is 5.88. The van der Waals surface area contributed by atoms with Gasteiger partial charge in [-0.3, -0.25) is 0 Å². The summed E-state index contributed by atoms with van der Waals surface area (Å²) < 4.78 is 15.4. The summed E-state index contributed by atoms with van der Waals surface area (Å²) in [6.07, 6.45) is 1.26. The van der Waals surface area contributed by atoms with Crippen LogP contribution in [0.15, 0.2) is 29.1 Å². The average molecular weight is 249 g/mol. The van der Waals surface area contributed by atoms with Crippen molar-refractivity contribution in [2.24, 2.45) is 5.73 Å². The third kappa shape index (κ3) is 2.78. The minimum Gasteiger partial charge on any atom is -0.497 e. The number of aromatic nitrogens is 2. The van der Waals surface area contributed by atoms with Crippen molar-refractivity contribution in [1.29, 1.82) is 0 Å². The molecule has 18 heavy (non-hydrogen) atoms. The lowest BCUT2D eigenvalue weighted by Crippen LogP contribution is -2.08. The molecule has 0 aliphatic heterocycles. The smallest absolute Gasteiger partial charge is 0.213 e. The van der Waals surface area contributed by atoms with Gasteiger partial charge in [0.1, 0.15) is 11.5 Å². The van der Waals surface area contributed by atoms with E-state index in [4.69, 9.17) is 15.2 Å². The summed E-state index contributed by atoms with van der Waals surface area (Å²) in [5, 5.41) is 3.67. The third-order valence-corrected chi connectivity index (χ3v) is 2.48. The Hall–Kier alpha value is -2.08. The largest absolute Gasteiger partial charge is 0.497 e. The fourth-order valence-corrected chi connectivity index (χ4v) is 1.54. The SMILES string of the molecule is COc1ccc(C(C)N)c(OCc2ncon2)c1. The molecule has 96 valence electrons. The highest BCUT2D eigenvalue weighted by molar-refractivity contribution is 5.42. The second-order valence-corrected chi connectivity index (χ2v) is 3.83. The summed E-state index contributed by atoms with van der Waals surface area (Å²) >= 11 is 0. The molecular weight excluding hydrogens is 234 g/mol. The molecule has 0 saturated carbocycles. The van der Waals surface area contributed by atoms with E-state index in [9.17, 15) is 0 Å². The maximum Gasteiger partial charge on any atom is 0.213 e. The molecule has 1 aromatic heterocycles. The molecule has 6 heteroatoms. The van der Waals surface area contributed by atoms with Crippen LogP contribution in [0.4, 0.5) is 0 Å². The van der Waals surface area contributed by atoms with Gasteiger partial charge in [0.25, 0.3) is 0 Å². The van der Waals surface area contributed by atoms with Gasteiger partial charge in [0.05, 0.1) is 7.11 Å². The van der Waals surface area contributed by atoms with E-state index in [0.29, 0.717) is 17.3 Å². The van der Waals surface area contributed by atoms with E-state index in [1.54, 1.807) is 13.2 Å². The lowest BCUT2D eigenvalue weighted by Gasteiger charge is -2.14. The quantitative estimate of drug-likeness (QED) is 0.867.